The second-order valence-corrected chi connectivity index (χ2v) is 5.29. The second-order valence-electron chi connectivity index (χ2n) is 5.29. The number of imidazole rings is 1. The van der Waals surface area contributed by atoms with E-state index < -0.39 is 0 Å². The number of H-pyrrole nitrogens is 1. The minimum Gasteiger partial charge on any atom is -0.347 e. The summed E-state index contributed by atoms with van der Waals surface area (Å²) in [6.07, 6.45) is 6.19. The molecule has 1 aliphatic heterocycles. The Balaban J connectivity index is 1.73. The summed E-state index contributed by atoms with van der Waals surface area (Å²) in [5.74, 6) is 0. The van der Waals surface area contributed by atoms with Crippen LogP contribution in [0, 0.1) is 5.41 Å². The van der Waals surface area contributed by atoms with Crippen LogP contribution in [0.4, 0.5) is 0 Å². The number of piperidine rings is 1. The zero-order chi connectivity index (χ0) is 11.4. The molecule has 2 N–H and O–H groups in total. The van der Waals surface area contributed by atoms with Crippen molar-refractivity contribution in [3.63, 3.8) is 0 Å². The van der Waals surface area contributed by atoms with Crippen LogP contribution >= 0.6 is 0 Å². The van der Waals surface area contributed by atoms with E-state index in [1.807, 2.05) is 6.20 Å². The molecule has 0 atom stereocenters. The van der Waals surface area contributed by atoms with Gasteiger partial charge in [-0.15, -0.1) is 0 Å². The van der Waals surface area contributed by atoms with Crippen molar-refractivity contribution < 1.29 is 0 Å². The Morgan fingerprint density at radius 2 is 2.25 bits per heavy atom. The molecule has 0 aromatic carbocycles. The number of aromatic amines is 1. The highest BCUT2D eigenvalue weighted by molar-refractivity contribution is 4.94. The fourth-order valence-corrected chi connectivity index (χ4v) is 2.22. The molecule has 4 nitrogen and oxygen atoms in total. The number of nitrogens with zero attached hydrogens (tertiary/aromatic N) is 2. The molecular formula is C12H22N4. The highest BCUT2D eigenvalue weighted by Crippen LogP contribution is 2.29. The lowest BCUT2D eigenvalue weighted by atomic mass is 9.80. The monoisotopic (exact) mass is 222 g/mol. The Hall–Kier alpha value is -0.870. The van der Waals surface area contributed by atoms with Gasteiger partial charge in [-0.3, -0.25) is 0 Å². The van der Waals surface area contributed by atoms with Crippen LogP contribution in [0.25, 0.3) is 0 Å². The highest BCUT2D eigenvalue weighted by Gasteiger charge is 2.28. The minimum absolute atomic E-state index is 0.465. The van der Waals surface area contributed by atoms with Crippen LogP contribution in [0.3, 0.4) is 0 Å². The predicted octanol–water partition coefficient (Wildman–Crippen LogP) is 1.23. The number of hydrogen-bond acceptors (Lipinski definition) is 3. The summed E-state index contributed by atoms with van der Waals surface area (Å²) < 4.78 is 0. The summed E-state index contributed by atoms with van der Waals surface area (Å²) in [5, 5.41) is 3.52. The number of rotatable bonds is 4. The molecule has 1 saturated heterocycles. The summed E-state index contributed by atoms with van der Waals surface area (Å²) in [7, 11) is 2.21. The van der Waals surface area contributed by atoms with Gasteiger partial charge >= 0.3 is 0 Å². The fourth-order valence-electron chi connectivity index (χ4n) is 2.22. The molecule has 0 radical (unpaired) electrons. The first kappa shape index (κ1) is 11.6. The van der Waals surface area contributed by atoms with Gasteiger partial charge in [0.1, 0.15) is 0 Å². The first-order valence-electron chi connectivity index (χ1n) is 6.04. The largest absolute Gasteiger partial charge is 0.347 e. The van der Waals surface area contributed by atoms with Gasteiger partial charge in [-0.25, -0.2) is 4.98 Å². The van der Waals surface area contributed by atoms with E-state index in [1.54, 1.807) is 6.33 Å². The molecule has 1 aliphatic rings. The maximum absolute atomic E-state index is 4.01. The van der Waals surface area contributed by atoms with Crippen molar-refractivity contribution in [2.45, 2.75) is 26.3 Å². The van der Waals surface area contributed by atoms with E-state index >= 15 is 0 Å². The molecule has 0 aliphatic carbocycles. The van der Waals surface area contributed by atoms with Crippen LogP contribution in [0.1, 0.15) is 25.5 Å². The third-order valence-electron chi connectivity index (χ3n) is 3.62. The zero-order valence-electron chi connectivity index (χ0n) is 10.3. The fraction of sp³-hybridized carbons (Fsp3) is 0.750. The van der Waals surface area contributed by atoms with E-state index in [9.17, 15) is 0 Å². The predicted molar refractivity (Wildman–Crippen MR) is 65.1 cm³/mol. The number of aromatic nitrogens is 2. The summed E-state index contributed by atoms with van der Waals surface area (Å²) in [6, 6.07) is 0. The molecule has 1 aromatic rings. The normalized spacial score (nSPS) is 21.1. The maximum Gasteiger partial charge on any atom is 0.0922 e. The molecule has 2 heterocycles. The highest BCUT2D eigenvalue weighted by atomic mass is 15.1. The standard InChI is InChI=1S/C12H22N4/c1-12(3-5-16(2)6-4-12)9-13-7-11-8-14-10-15-11/h8,10,13H,3-7,9H2,1-2H3,(H,14,15). The Kier molecular flexibility index (Phi) is 3.61. The van der Waals surface area contributed by atoms with Crippen LogP contribution in [0.15, 0.2) is 12.5 Å². The molecule has 4 heteroatoms. The van der Waals surface area contributed by atoms with Gasteiger partial charge < -0.3 is 15.2 Å². The molecular weight excluding hydrogens is 200 g/mol. The van der Waals surface area contributed by atoms with Gasteiger partial charge in [0.25, 0.3) is 0 Å². The van der Waals surface area contributed by atoms with E-state index in [0.29, 0.717) is 5.41 Å². The first-order valence-corrected chi connectivity index (χ1v) is 6.04. The van der Waals surface area contributed by atoms with Crippen molar-refractivity contribution in [1.29, 1.82) is 0 Å². The van der Waals surface area contributed by atoms with Gasteiger partial charge in [-0.2, -0.15) is 0 Å². The quantitative estimate of drug-likeness (QED) is 0.805. The van der Waals surface area contributed by atoms with E-state index in [1.165, 1.54) is 25.9 Å². The van der Waals surface area contributed by atoms with E-state index in [2.05, 4.69) is 34.2 Å². The third kappa shape index (κ3) is 3.06. The Morgan fingerprint density at radius 1 is 1.50 bits per heavy atom. The Morgan fingerprint density at radius 3 is 2.88 bits per heavy atom. The van der Waals surface area contributed by atoms with Gasteiger partial charge in [-0.1, -0.05) is 6.92 Å². The Bertz CT molecular complexity index is 299. The topological polar surface area (TPSA) is 44.0 Å². The smallest absolute Gasteiger partial charge is 0.0922 e. The van der Waals surface area contributed by atoms with Gasteiger partial charge in [0.2, 0.25) is 0 Å². The van der Waals surface area contributed by atoms with Crippen LogP contribution in [0.2, 0.25) is 0 Å². The van der Waals surface area contributed by atoms with E-state index in [-0.39, 0.29) is 0 Å². The van der Waals surface area contributed by atoms with E-state index in [0.717, 1.165) is 18.8 Å². The van der Waals surface area contributed by atoms with Crippen LogP contribution in [-0.2, 0) is 6.54 Å². The zero-order valence-corrected chi connectivity index (χ0v) is 10.3. The molecule has 2 rings (SSSR count). The van der Waals surface area contributed by atoms with Crippen molar-refractivity contribution in [3.8, 4) is 0 Å². The van der Waals surface area contributed by atoms with Gasteiger partial charge in [0.05, 0.1) is 6.33 Å². The van der Waals surface area contributed by atoms with Crippen molar-refractivity contribution in [1.82, 2.24) is 20.2 Å². The molecule has 0 unspecified atom stereocenters. The minimum atomic E-state index is 0.465. The summed E-state index contributed by atoms with van der Waals surface area (Å²) in [5.41, 5.74) is 1.63. The lowest BCUT2D eigenvalue weighted by Crippen LogP contribution is -2.41. The Labute approximate surface area is 97.4 Å². The second kappa shape index (κ2) is 4.97. The van der Waals surface area contributed by atoms with Gasteiger partial charge in [-0.05, 0) is 38.4 Å². The molecule has 1 aromatic heterocycles. The molecule has 90 valence electrons. The molecule has 0 amide bonds. The van der Waals surface area contributed by atoms with Crippen molar-refractivity contribution >= 4 is 0 Å². The molecule has 0 spiro atoms. The molecule has 1 fully saturated rings. The lowest BCUT2D eigenvalue weighted by molar-refractivity contribution is 0.136. The number of hydrogen-bond donors (Lipinski definition) is 2. The maximum atomic E-state index is 4.01. The SMILES string of the molecule is CN1CCC(C)(CNCc2cnc[nH]2)CC1. The van der Waals surface area contributed by atoms with Crippen LogP contribution in [0.5, 0.6) is 0 Å². The van der Waals surface area contributed by atoms with Crippen molar-refractivity contribution in [2.75, 3.05) is 26.7 Å². The lowest BCUT2D eigenvalue weighted by Gasteiger charge is -2.38. The summed E-state index contributed by atoms with van der Waals surface area (Å²) in [4.78, 5) is 9.54. The summed E-state index contributed by atoms with van der Waals surface area (Å²) >= 11 is 0. The molecule has 0 saturated carbocycles. The third-order valence-corrected chi connectivity index (χ3v) is 3.62. The van der Waals surface area contributed by atoms with Crippen molar-refractivity contribution in [3.05, 3.63) is 18.2 Å². The van der Waals surface area contributed by atoms with Gasteiger partial charge in [0, 0.05) is 25.0 Å². The molecule has 0 bridgehead atoms. The van der Waals surface area contributed by atoms with Crippen molar-refractivity contribution in [2.24, 2.45) is 5.41 Å². The van der Waals surface area contributed by atoms with E-state index in [4.69, 9.17) is 0 Å². The average molecular weight is 222 g/mol. The van der Waals surface area contributed by atoms with Crippen LogP contribution in [-0.4, -0.2) is 41.5 Å². The summed E-state index contributed by atoms with van der Waals surface area (Å²) in [6.45, 7) is 6.83. The number of nitrogens with one attached hydrogen (secondary N) is 2. The van der Waals surface area contributed by atoms with Crippen LogP contribution < -0.4 is 5.32 Å². The molecule has 16 heavy (non-hydrogen) atoms. The number of likely N-dealkylation sites (tertiary alicyclic amines) is 1. The first-order chi connectivity index (χ1) is 7.68. The van der Waals surface area contributed by atoms with Gasteiger partial charge in [0.15, 0.2) is 0 Å². The average Bonchev–Trinajstić information content (AvgIpc) is 2.76.